The Labute approximate surface area is 130 Å². The van der Waals surface area contributed by atoms with Gasteiger partial charge < -0.3 is 10.1 Å². The summed E-state index contributed by atoms with van der Waals surface area (Å²) in [7, 11) is 0. The molecule has 4 heteroatoms. The first-order valence-corrected chi connectivity index (χ1v) is 7.15. The standard InChI is InChI=1S/C17H17ClN2O/c1-13(16-7-2-3-8-17(16)18)20-12-14-5-4-6-15(11-14)21-10-9-19/h2-8,11,13,20H,10,12H2,1H3. The fraction of sp³-hybridized carbons (Fsp3) is 0.235. The Morgan fingerprint density at radius 1 is 1.24 bits per heavy atom. The van der Waals surface area contributed by atoms with Gasteiger partial charge in [0.25, 0.3) is 0 Å². The summed E-state index contributed by atoms with van der Waals surface area (Å²) in [6.07, 6.45) is 0. The van der Waals surface area contributed by atoms with E-state index >= 15 is 0 Å². The lowest BCUT2D eigenvalue weighted by Crippen LogP contribution is -2.18. The van der Waals surface area contributed by atoms with Crippen LogP contribution < -0.4 is 10.1 Å². The molecule has 0 fully saturated rings. The second kappa shape index (κ2) is 7.68. The predicted molar refractivity (Wildman–Crippen MR) is 84.3 cm³/mol. The van der Waals surface area contributed by atoms with Crippen molar-refractivity contribution in [3.63, 3.8) is 0 Å². The highest BCUT2D eigenvalue weighted by molar-refractivity contribution is 6.31. The molecule has 108 valence electrons. The molecule has 0 saturated heterocycles. The van der Waals surface area contributed by atoms with Crippen LogP contribution in [-0.2, 0) is 6.54 Å². The molecule has 0 saturated carbocycles. The Morgan fingerprint density at radius 3 is 2.81 bits per heavy atom. The molecule has 0 amide bonds. The van der Waals surface area contributed by atoms with E-state index in [0.717, 1.165) is 16.1 Å². The monoisotopic (exact) mass is 300 g/mol. The molecule has 0 aromatic heterocycles. The lowest BCUT2D eigenvalue weighted by molar-refractivity contribution is 0.367. The fourth-order valence-corrected chi connectivity index (χ4v) is 2.37. The zero-order valence-corrected chi connectivity index (χ0v) is 12.6. The Balaban J connectivity index is 1.97. The van der Waals surface area contributed by atoms with Crippen molar-refractivity contribution in [2.75, 3.05) is 6.61 Å². The van der Waals surface area contributed by atoms with Crippen molar-refractivity contribution in [3.05, 3.63) is 64.7 Å². The molecule has 1 unspecified atom stereocenters. The maximum absolute atomic E-state index is 8.53. The fourth-order valence-electron chi connectivity index (χ4n) is 2.07. The van der Waals surface area contributed by atoms with E-state index in [9.17, 15) is 0 Å². The molecular formula is C17H17ClN2O. The number of ether oxygens (including phenoxy) is 1. The number of halogens is 1. The molecule has 0 aliphatic heterocycles. The molecule has 0 aliphatic carbocycles. The minimum Gasteiger partial charge on any atom is -0.479 e. The second-order valence-electron chi connectivity index (χ2n) is 4.72. The van der Waals surface area contributed by atoms with Crippen molar-refractivity contribution in [3.8, 4) is 11.8 Å². The zero-order chi connectivity index (χ0) is 15.1. The van der Waals surface area contributed by atoms with Crippen molar-refractivity contribution in [1.29, 1.82) is 5.26 Å². The van der Waals surface area contributed by atoms with Gasteiger partial charge in [-0.1, -0.05) is 41.9 Å². The van der Waals surface area contributed by atoms with Gasteiger partial charge in [-0.25, -0.2) is 0 Å². The highest BCUT2D eigenvalue weighted by atomic mass is 35.5. The SMILES string of the molecule is CC(NCc1cccc(OCC#N)c1)c1ccccc1Cl. The van der Waals surface area contributed by atoms with E-state index in [0.29, 0.717) is 12.3 Å². The van der Waals surface area contributed by atoms with Crippen molar-refractivity contribution in [2.24, 2.45) is 0 Å². The number of nitrogens with zero attached hydrogens (tertiary/aromatic N) is 1. The van der Waals surface area contributed by atoms with E-state index in [1.165, 1.54) is 0 Å². The first-order valence-electron chi connectivity index (χ1n) is 6.77. The third-order valence-electron chi connectivity index (χ3n) is 3.19. The van der Waals surface area contributed by atoms with Crippen LogP contribution in [0.5, 0.6) is 5.75 Å². The molecule has 21 heavy (non-hydrogen) atoms. The molecule has 2 aromatic carbocycles. The average molecular weight is 301 g/mol. The largest absolute Gasteiger partial charge is 0.479 e. The molecule has 1 atom stereocenters. The topological polar surface area (TPSA) is 45.0 Å². The van der Waals surface area contributed by atoms with Crippen LogP contribution in [0.15, 0.2) is 48.5 Å². The molecule has 0 spiro atoms. The summed E-state index contributed by atoms with van der Waals surface area (Å²) < 4.78 is 5.30. The minimum atomic E-state index is 0.0624. The molecule has 3 nitrogen and oxygen atoms in total. The molecule has 0 bridgehead atoms. The summed E-state index contributed by atoms with van der Waals surface area (Å²) >= 11 is 6.19. The van der Waals surface area contributed by atoms with Gasteiger partial charge in [0.15, 0.2) is 6.61 Å². The third-order valence-corrected chi connectivity index (χ3v) is 3.53. The van der Waals surface area contributed by atoms with Gasteiger partial charge in [-0.2, -0.15) is 5.26 Å². The van der Waals surface area contributed by atoms with Crippen LogP contribution in [0, 0.1) is 11.3 Å². The Bertz CT molecular complexity index is 637. The summed E-state index contributed by atoms with van der Waals surface area (Å²) in [6, 6.07) is 17.7. The number of benzene rings is 2. The molecule has 0 heterocycles. The highest BCUT2D eigenvalue weighted by Crippen LogP contribution is 2.22. The summed E-state index contributed by atoms with van der Waals surface area (Å²) in [6.45, 7) is 2.85. The molecule has 1 N–H and O–H groups in total. The summed E-state index contributed by atoms with van der Waals surface area (Å²) in [4.78, 5) is 0. The van der Waals surface area contributed by atoms with Crippen LogP contribution in [0.1, 0.15) is 24.1 Å². The zero-order valence-electron chi connectivity index (χ0n) is 11.8. The first kappa shape index (κ1) is 15.4. The van der Waals surface area contributed by atoms with Gasteiger partial charge in [-0.3, -0.25) is 0 Å². The van der Waals surface area contributed by atoms with Crippen molar-refractivity contribution >= 4 is 11.6 Å². The van der Waals surface area contributed by atoms with E-state index in [1.54, 1.807) is 0 Å². The van der Waals surface area contributed by atoms with Crippen molar-refractivity contribution in [2.45, 2.75) is 19.5 Å². The number of hydrogen-bond acceptors (Lipinski definition) is 3. The minimum absolute atomic E-state index is 0.0624. The summed E-state index contributed by atoms with van der Waals surface area (Å²) in [5.41, 5.74) is 2.18. The summed E-state index contributed by atoms with van der Waals surface area (Å²) in [5, 5.41) is 12.7. The van der Waals surface area contributed by atoms with Crippen molar-refractivity contribution < 1.29 is 4.74 Å². The number of rotatable bonds is 6. The highest BCUT2D eigenvalue weighted by Gasteiger charge is 2.08. The van der Waals surface area contributed by atoms with Crippen LogP contribution in [0.4, 0.5) is 0 Å². The lowest BCUT2D eigenvalue weighted by atomic mass is 10.1. The van der Waals surface area contributed by atoms with Gasteiger partial charge in [-0.15, -0.1) is 0 Å². The quantitative estimate of drug-likeness (QED) is 0.874. The van der Waals surface area contributed by atoms with Crippen LogP contribution >= 0.6 is 11.6 Å². The van der Waals surface area contributed by atoms with E-state index in [4.69, 9.17) is 21.6 Å². The van der Waals surface area contributed by atoms with Crippen LogP contribution in [0.2, 0.25) is 5.02 Å². The van der Waals surface area contributed by atoms with Gasteiger partial charge in [-0.05, 0) is 36.2 Å². The second-order valence-corrected chi connectivity index (χ2v) is 5.13. The van der Waals surface area contributed by atoms with Gasteiger partial charge in [0.2, 0.25) is 0 Å². The van der Waals surface area contributed by atoms with Gasteiger partial charge in [0, 0.05) is 17.6 Å². The lowest BCUT2D eigenvalue weighted by Gasteiger charge is -2.16. The molecule has 0 aliphatic rings. The normalized spacial score (nSPS) is 11.7. The smallest absolute Gasteiger partial charge is 0.174 e. The first-order chi connectivity index (χ1) is 10.2. The van der Waals surface area contributed by atoms with E-state index in [1.807, 2.05) is 54.6 Å². The number of hydrogen-bond donors (Lipinski definition) is 1. The summed E-state index contributed by atoms with van der Waals surface area (Å²) in [5.74, 6) is 0.709. The van der Waals surface area contributed by atoms with Crippen LogP contribution in [-0.4, -0.2) is 6.61 Å². The Morgan fingerprint density at radius 2 is 2.05 bits per heavy atom. The molecule has 2 aromatic rings. The Hall–Kier alpha value is -2.02. The third kappa shape index (κ3) is 4.49. The van der Waals surface area contributed by atoms with E-state index < -0.39 is 0 Å². The maximum Gasteiger partial charge on any atom is 0.174 e. The predicted octanol–water partition coefficient (Wildman–Crippen LogP) is 4.09. The van der Waals surface area contributed by atoms with Crippen LogP contribution in [0.25, 0.3) is 0 Å². The van der Waals surface area contributed by atoms with E-state index in [-0.39, 0.29) is 12.6 Å². The van der Waals surface area contributed by atoms with Gasteiger partial charge >= 0.3 is 0 Å². The number of nitriles is 1. The van der Waals surface area contributed by atoms with Gasteiger partial charge in [0.1, 0.15) is 11.8 Å². The van der Waals surface area contributed by atoms with Crippen LogP contribution in [0.3, 0.4) is 0 Å². The number of nitrogens with one attached hydrogen (secondary N) is 1. The van der Waals surface area contributed by atoms with Crippen molar-refractivity contribution in [1.82, 2.24) is 5.32 Å². The van der Waals surface area contributed by atoms with E-state index in [2.05, 4.69) is 12.2 Å². The maximum atomic E-state index is 8.53. The Kier molecular flexibility index (Phi) is 5.62. The van der Waals surface area contributed by atoms with Gasteiger partial charge in [0.05, 0.1) is 0 Å². The molecular weight excluding hydrogens is 284 g/mol. The molecule has 2 rings (SSSR count). The average Bonchev–Trinajstić information content (AvgIpc) is 2.51. The molecule has 0 radical (unpaired) electrons.